The van der Waals surface area contributed by atoms with Crippen LogP contribution in [0.25, 0.3) is 0 Å². The summed E-state index contributed by atoms with van der Waals surface area (Å²) in [5.74, 6) is 0.715. The lowest BCUT2D eigenvalue weighted by molar-refractivity contribution is -0.126. The molecular weight excluding hydrogens is 252 g/mol. The lowest BCUT2D eigenvalue weighted by atomic mass is 9.86. The van der Waals surface area contributed by atoms with Crippen LogP contribution in [-0.4, -0.2) is 30.7 Å². The van der Waals surface area contributed by atoms with Gasteiger partial charge in [0, 0.05) is 19.1 Å². The summed E-state index contributed by atoms with van der Waals surface area (Å²) in [6.45, 7) is 7.96. The van der Waals surface area contributed by atoms with Crippen molar-refractivity contribution in [2.75, 3.05) is 13.2 Å². The molecule has 118 valence electrons. The Bertz CT molecular complexity index is 290. The lowest BCUT2D eigenvalue weighted by Crippen LogP contribution is -2.48. The fraction of sp³-hybridized carbons (Fsp3) is 0.938. The SMILES string of the molecule is CCC1(CC)CC(NC(=O)CCC(C)CCN)CCO1. The van der Waals surface area contributed by atoms with Gasteiger partial charge in [-0.05, 0) is 51.0 Å². The van der Waals surface area contributed by atoms with Crippen molar-refractivity contribution in [1.82, 2.24) is 5.32 Å². The number of rotatable bonds is 8. The summed E-state index contributed by atoms with van der Waals surface area (Å²) in [6, 6.07) is 0.279. The van der Waals surface area contributed by atoms with Gasteiger partial charge in [0.05, 0.1) is 5.60 Å². The number of nitrogens with one attached hydrogen (secondary N) is 1. The Morgan fingerprint density at radius 1 is 1.40 bits per heavy atom. The van der Waals surface area contributed by atoms with Gasteiger partial charge in [0.15, 0.2) is 0 Å². The van der Waals surface area contributed by atoms with E-state index in [1.165, 1.54) is 0 Å². The first-order chi connectivity index (χ1) is 9.55. The van der Waals surface area contributed by atoms with Crippen molar-refractivity contribution in [2.24, 2.45) is 11.7 Å². The molecule has 1 fully saturated rings. The Morgan fingerprint density at radius 2 is 2.10 bits per heavy atom. The van der Waals surface area contributed by atoms with Crippen LogP contribution in [0.3, 0.4) is 0 Å². The maximum absolute atomic E-state index is 12.0. The van der Waals surface area contributed by atoms with E-state index >= 15 is 0 Å². The molecule has 0 radical (unpaired) electrons. The highest BCUT2D eigenvalue weighted by molar-refractivity contribution is 5.76. The fourth-order valence-electron chi connectivity index (χ4n) is 3.00. The summed E-state index contributed by atoms with van der Waals surface area (Å²) in [5.41, 5.74) is 5.51. The van der Waals surface area contributed by atoms with Crippen molar-refractivity contribution >= 4 is 5.91 Å². The summed E-state index contributed by atoms with van der Waals surface area (Å²) >= 11 is 0. The van der Waals surface area contributed by atoms with E-state index in [1.807, 2.05) is 0 Å². The molecule has 0 aromatic carbocycles. The molecule has 0 aromatic heterocycles. The van der Waals surface area contributed by atoms with E-state index in [2.05, 4.69) is 26.1 Å². The number of nitrogens with two attached hydrogens (primary N) is 1. The van der Waals surface area contributed by atoms with Crippen LogP contribution in [0.15, 0.2) is 0 Å². The topological polar surface area (TPSA) is 64.4 Å². The van der Waals surface area contributed by atoms with Crippen LogP contribution in [-0.2, 0) is 9.53 Å². The Balaban J connectivity index is 2.34. The van der Waals surface area contributed by atoms with E-state index in [0.29, 0.717) is 18.9 Å². The van der Waals surface area contributed by atoms with Gasteiger partial charge in [0.1, 0.15) is 0 Å². The van der Waals surface area contributed by atoms with Crippen LogP contribution < -0.4 is 11.1 Å². The van der Waals surface area contributed by atoms with Crippen molar-refractivity contribution in [1.29, 1.82) is 0 Å². The lowest BCUT2D eigenvalue weighted by Gasteiger charge is -2.40. The minimum Gasteiger partial charge on any atom is -0.375 e. The van der Waals surface area contributed by atoms with Crippen LogP contribution in [0.4, 0.5) is 0 Å². The van der Waals surface area contributed by atoms with Gasteiger partial charge in [-0.15, -0.1) is 0 Å². The molecule has 0 bridgehead atoms. The summed E-state index contributed by atoms with van der Waals surface area (Å²) in [4.78, 5) is 12.0. The van der Waals surface area contributed by atoms with Crippen LogP contribution >= 0.6 is 0 Å². The zero-order valence-corrected chi connectivity index (χ0v) is 13.4. The van der Waals surface area contributed by atoms with Crippen LogP contribution in [0.2, 0.25) is 0 Å². The van der Waals surface area contributed by atoms with E-state index in [9.17, 15) is 4.79 Å². The minimum absolute atomic E-state index is 0.0248. The van der Waals surface area contributed by atoms with Crippen molar-refractivity contribution in [3.8, 4) is 0 Å². The molecule has 0 spiro atoms. The Hall–Kier alpha value is -0.610. The van der Waals surface area contributed by atoms with Gasteiger partial charge in [0.2, 0.25) is 5.91 Å². The van der Waals surface area contributed by atoms with E-state index < -0.39 is 0 Å². The average molecular weight is 284 g/mol. The molecule has 2 atom stereocenters. The molecule has 0 saturated carbocycles. The Labute approximate surface area is 123 Å². The molecule has 2 unspecified atom stereocenters. The normalized spacial score (nSPS) is 23.3. The molecule has 0 aromatic rings. The van der Waals surface area contributed by atoms with Crippen LogP contribution in [0.1, 0.15) is 65.7 Å². The zero-order chi connectivity index (χ0) is 15.0. The van der Waals surface area contributed by atoms with Gasteiger partial charge >= 0.3 is 0 Å². The van der Waals surface area contributed by atoms with Crippen LogP contribution in [0.5, 0.6) is 0 Å². The molecule has 1 saturated heterocycles. The van der Waals surface area contributed by atoms with Crippen molar-refractivity contribution in [3.05, 3.63) is 0 Å². The van der Waals surface area contributed by atoms with Gasteiger partial charge in [-0.2, -0.15) is 0 Å². The Morgan fingerprint density at radius 3 is 2.70 bits per heavy atom. The van der Waals surface area contributed by atoms with E-state index in [1.54, 1.807) is 0 Å². The van der Waals surface area contributed by atoms with E-state index in [-0.39, 0.29) is 17.6 Å². The van der Waals surface area contributed by atoms with E-state index in [0.717, 1.165) is 45.1 Å². The predicted molar refractivity (Wildman–Crippen MR) is 82.5 cm³/mol. The summed E-state index contributed by atoms with van der Waals surface area (Å²) in [7, 11) is 0. The molecule has 4 heteroatoms. The predicted octanol–water partition coefficient (Wildman–Crippen LogP) is 2.61. The highest BCUT2D eigenvalue weighted by atomic mass is 16.5. The number of amides is 1. The van der Waals surface area contributed by atoms with Gasteiger partial charge in [-0.3, -0.25) is 4.79 Å². The summed E-state index contributed by atoms with van der Waals surface area (Å²) in [5, 5.41) is 3.19. The van der Waals surface area contributed by atoms with Gasteiger partial charge < -0.3 is 15.8 Å². The van der Waals surface area contributed by atoms with Gasteiger partial charge in [-0.25, -0.2) is 0 Å². The molecule has 1 amide bonds. The van der Waals surface area contributed by atoms with Crippen molar-refractivity contribution < 1.29 is 9.53 Å². The first-order valence-corrected chi connectivity index (χ1v) is 8.18. The third kappa shape index (κ3) is 5.41. The maximum Gasteiger partial charge on any atom is 0.220 e. The quantitative estimate of drug-likeness (QED) is 0.720. The second-order valence-corrected chi connectivity index (χ2v) is 6.22. The highest BCUT2D eigenvalue weighted by Crippen LogP contribution is 2.31. The van der Waals surface area contributed by atoms with Crippen molar-refractivity contribution in [3.63, 3.8) is 0 Å². The van der Waals surface area contributed by atoms with E-state index in [4.69, 9.17) is 10.5 Å². The number of carbonyl (C=O) groups excluding carboxylic acids is 1. The second kappa shape index (κ2) is 8.63. The highest BCUT2D eigenvalue weighted by Gasteiger charge is 2.34. The zero-order valence-electron chi connectivity index (χ0n) is 13.4. The first kappa shape index (κ1) is 17.4. The molecule has 1 aliphatic heterocycles. The first-order valence-electron chi connectivity index (χ1n) is 8.18. The van der Waals surface area contributed by atoms with Crippen molar-refractivity contribution in [2.45, 2.75) is 77.4 Å². The molecule has 0 aliphatic carbocycles. The number of hydrogen-bond acceptors (Lipinski definition) is 3. The summed E-state index contributed by atoms with van der Waals surface area (Å²) in [6.07, 6.45) is 6.46. The third-order valence-electron chi connectivity index (χ3n) is 4.67. The third-order valence-corrected chi connectivity index (χ3v) is 4.67. The molecule has 1 aliphatic rings. The number of carbonyl (C=O) groups is 1. The molecule has 4 nitrogen and oxygen atoms in total. The molecule has 1 heterocycles. The maximum atomic E-state index is 12.0. The second-order valence-electron chi connectivity index (χ2n) is 6.22. The molecule has 1 rings (SSSR count). The average Bonchev–Trinajstić information content (AvgIpc) is 2.45. The van der Waals surface area contributed by atoms with Gasteiger partial charge in [-0.1, -0.05) is 20.8 Å². The van der Waals surface area contributed by atoms with Crippen LogP contribution in [0, 0.1) is 5.92 Å². The Kier molecular flexibility index (Phi) is 7.52. The monoisotopic (exact) mass is 284 g/mol. The fourth-order valence-corrected chi connectivity index (χ4v) is 3.00. The minimum atomic E-state index is -0.0248. The summed E-state index contributed by atoms with van der Waals surface area (Å²) < 4.78 is 5.94. The smallest absolute Gasteiger partial charge is 0.220 e. The molecule has 20 heavy (non-hydrogen) atoms. The number of hydrogen-bond donors (Lipinski definition) is 2. The number of ether oxygens (including phenoxy) is 1. The molecule has 3 N–H and O–H groups in total. The largest absolute Gasteiger partial charge is 0.375 e. The molecular formula is C16H32N2O2. The van der Waals surface area contributed by atoms with Gasteiger partial charge in [0.25, 0.3) is 0 Å². The standard InChI is InChI=1S/C16H32N2O2/c1-4-16(5-2)12-14(9-11-20-16)18-15(19)7-6-13(3)8-10-17/h13-14H,4-12,17H2,1-3H3,(H,18,19).